The largest absolute Gasteiger partial charge is 0.387 e. The molecule has 1 heterocycles. The number of carbonyl (C=O) groups excluding carboxylic acids is 3. The smallest absolute Gasteiger partial charge is 0.313 e. The molecule has 0 bridgehead atoms. The number of nitrogens with one attached hydrogen (secondary N) is 2. The lowest BCUT2D eigenvalue weighted by molar-refractivity contribution is -0.136. The minimum atomic E-state index is -1.08. The molecule has 8 heteroatoms. The van der Waals surface area contributed by atoms with Crippen LogP contribution in [0, 0.1) is 0 Å². The summed E-state index contributed by atoms with van der Waals surface area (Å²) in [5.41, 5.74) is 0.0666. The van der Waals surface area contributed by atoms with Crippen LogP contribution in [-0.2, 0) is 14.4 Å². The Morgan fingerprint density at radius 2 is 2.08 bits per heavy atom. The van der Waals surface area contributed by atoms with E-state index in [1.165, 1.54) is 11.8 Å². The second-order valence-corrected chi connectivity index (χ2v) is 7.49. The Labute approximate surface area is 157 Å². The topological polar surface area (TPSA) is 98.7 Å². The van der Waals surface area contributed by atoms with Crippen LogP contribution in [-0.4, -0.2) is 53.5 Å². The van der Waals surface area contributed by atoms with Crippen molar-refractivity contribution in [2.45, 2.75) is 31.8 Å². The molecule has 0 unspecified atom stereocenters. The van der Waals surface area contributed by atoms with Crippen molar-refractivity contribution in [3.63, 3.8) is 0 Å². The average Bonchev–Trinajstić information content (AvgIpc) is 2.60. The van der Waals surface area contributed by atoms with Crippen molar-refractivity contribution in [2.75, 3.05) is 35.3 Å². The highest BCUT2D eigenvalue weighted by Crippen LogP contribution is 2.23. The number of rotatable bonds is 6. The van der Waals surface area contributed by atoms with Crippen molar-refractivity contribution in [1.29, 1.82) is 0 Å². The molecule has 142 valence electrons. The van der Waals surface area contributed by atoms with E-state index < -0.39 is 17.4 Å². The number of carbonyl (C=O) groups is 3. The van der Waals surface area contributed by atoms with Gasteiger partial charge in [0.25, 0.3) is 0 Å². The number of nitrogens with zero attached hydrogens (tertiary/aromatic N) is 1. The van der Waals surface area contributed by atoms with Crippen LogP contribution in [0.15, 0.2) is 24.3 Å². The van der Waals surface area contributed by atoms with Gasteiger partial charge in [0.1, 0.15) is 0 Å². The highest BCUT2D eigenvalue weighted by molar-refractivity contribution is 7.98. The number of benzene rings is 1. The molecule has 26 heavy (non-hydrogen) atoms. The van der Waals surface area contributed by atoms with Gasteiger partial charge in [-0.05, 0) is 44.2 Å². The van der Waals surface area contributed by atoms with Gasteiger partial charge in [0.15, 0.2) is 0 Å². The van der Waals surface area contributed by atoms with E-state index in [-0.39, 0.29) is 12.5 Å². The van der Waals surface area contributed by atoms with Crippen LogP contribution in [0.2, 0.25) is 0 Å². The molecule has 0 spiro atoms. The molecule has 0 aliphatic carbocycles. The predicted octanol–water partition coefficient (Wildman–Crippen LogP) is 1.37. The monoisotopic (exact) mass is 379 g/mol. The Morgan fingerprint density at radius 1 is 1.31 bits per heavy atom. The first kappa shape index (κ1) is 20.3. The van der Waals surface area contributed by atoms with Gasteiger partial charge in [0.2, 0.25) is 5.91 Å². The number of hydrogen-bond acceptors (Lipinski definition) is 5. The zero-order valence-electron chi connectivity index (χ0n) is 15.1. The van der Waals surface area contributed by atoms with E-state index in [4.69, 9.17) is 0 Å². The SMILES string of the molecule is CSC[C@@](C)(O)CNC(=O)C(=O)Nc1cccc(N2CCCCC2=O)c1. The minimum Gasteiger partial charge on any atom is -0.387 e. The number of hydrogen-bond donors (Lipinski definition) is 3. The van der Waals surface area contributed by atoms with Gasteiger partial charge in [-0.3, -0.25) is 14.4 Å². The average molecular weight is 379 g/mol. The Bertz CT molecular complexity index is 678. The third kappa shape index (κ3) is 5.74. The summed E-state index contributed by atoms with van der Waals surface area (Å²) in [5.74, 6) is -1.12. The fraction of sp³-hybridized carbons (Fsp3) is 0.500. The molecule has 3 N–H and O–H groups in total. The molecule has 1 saturated heterocycles. The van der Waals surface area contributed by atoms with E-state index in [0.29, 0.717) is 30.1 Å². The third-order valence-corrected chi connectivity index (χ3v) is 4.94. The first-order valence-electron chi connectivity index (χ1n) is 8.53. The van der Waals surface area contributed by atoms with Gasteiger partial charge >= 0.3 is 11.8 Å². The maximum absolute atomic E-state index is 12.0. The number of thioether (sulfide) groups is 1. The van der Waals surface area contributed by atoms with Crippen molar-refractivity contribution in [1.82, 2.24) is 5.32 Å². The minimum absolute atomic E-state index is 0.0115. The van der Waals surface area contributed by atoms with Crippen LogP contribution >= 0.6 is 11.8 Å². The molecule has 1 atom stereocenters. The number of aliphatic hydroxyl groups is 1. The summed E-state index contributed by atoms with van der Waals surface area (Å²) < 4.78 is 0. The fourth-order valence-electron chi connectivity index (χ4n) is 2.73. The van der Waals surface area contributed by atoms with Crippen molar-refractivity contribution in [3.05, 3.63) is 24.3 Å². The second kappa shape index (κ2) is 9.05. The maximum Gasteiger partial charge on any atom is 0.313 e. The number of anilines is 2. The van der Waals surface area contributed by atoms with Crippen LogP contribution in [0.25, 0.3) is 0 Å². The van der Waals surface area contributed by atoms with E-state index in [1.54, 1.807) is 36.1 Å². The molecule has 7 nitrogen and oxygen atoms in total. The van der Waals surface area contributed by atoms with Gasteiger partial charge in [-0.2, -0.15) is 11.8 Å². The van der Waals surface area contributed by atoms with Gasteiger partial charge in [0, 0.05) is 36.6 Å². The van der Waals surface area contributed by atoms with E-state index in [2.05, 4.69) is 10.6 Å². The van der Waals surface area contributed by atoms with Gasteiger partial charge in [-0.15, -0.1) is 0 Å². The molecule has 2 rings (SSSR count). The van der Waals surface area contributed by atoms with Crippen molar-refractivity contribution >= 4 is 40.9 Å². The molecule has 1 fully saturated rings. The van der Waals surface area contributed by atoms with E-state index in [9.17, 15) is 19.5 Å². The molecule has 1 aliphatic rings. The fourth-order valence-corrected chi connectivity index (χ4v) is 3.46. The maximum atomic E-state index is 12.0. The van der Waals surface area contributed by atoms with Gasteiger partial charge in [-0.25, -0.2) is 0 Å². The highest BCUT2D eigenvalue weighted by Gasteiger charge is 2.23. The van der Waals surface area contributed by atoms with Crippen LogP contribution in [0.3, 0.4) is 0 Å². The Kier molecular flexibility index (Phi) is 7.05. The lowest BCUT2D eigenvalue weighted by Crippen LogP contribution is -2.45. The van der Waals surface area contributed by atoms with Gasteiger partial charge in [-0.1, -0.05) is 6.07 Å². The molecular weight excluding hydrogens is 354 g/mol. The Balaban J connectivity index is 1.95. The van der Waals surface area contributed by atoms with E-state index >= 15 is 0 Å². The van der Waals surface area contributed by atoms with E-state index in [1.807, 2.05) is 6.26 Å². The first-order valence-corrected chi connectivity index (χ1v) is 9.93. The Morgan fingerprint density at radius 3 is 2.77 bits per heavy atom. The van der Waals surface area contributed by atoms with Crippen molar-refractivity contribution in [3.8, 4) is 0 Å². The van der Waals surface area contributed by atoms with Gasteiger partial charge < -0.3 is 20.6 Å². The Hall–Kier alpha value is -2.06. The van der Waals surface area contributed by atoms with Crippen LogP contribution in [0.4, 0.5) is 11.4 Å². The normalized spacial score (nSPS) is 16.7. The molecule has 1 aromatic rings. The summed E-state index contributed by atoms with van der Waals surface area (Å²) in [4.78, 5) is 37.7. The van der Waals surface area contributed by atoms with Gasteiger partial charge in [0.05, 0.1) is 5.60 Å². The third-order valence-electron chi connectivity index (χ3n) is 4.03. The number of amides is 3. The van der Waals surface area contributed by atoms with Crippen LogP contribution in [0.1, 0.15) is 26.2 Å². The molecule has 0 aromatic heterocycles. The zero-order valence-corrected chi connectivity index (χ0v) is 15.9. The summed E-state index contributed by atoms with van der Waals surface area (Å²) in [7, 11) is 0. The lowest BCUT2D eigenvalue weighted by atomic mass is 10.1. The standard InChI is InChI=1S/C18H25N3O4S/c1-18(25,12-26-2)11-19-16(23)17(24)20-13-6-5-7-14(10-13)21-9-4-3-8-15(21)22/h5-7,10,25H,3-4,8-9,11-12H2,1-2H3,(H,19,23)(H,20,24)/t18-/m0/s1. The highest BCUT2D eigenvalue weighted by atomic mass is 32.2. The summed E-state index contributed by atoms with van der Waals surface area (Å²) in [6.45, 7) is 2.24. The predicted molar refractivity (Wildman–Crippen MR) is 103 cm³/mol. The molecule has 0 radical (unpaired) electrons. The summed E-state index contributed by atoms with van der Waals surface area (Å²) >= 11 is 1.45. The molecule has 1 aromatic carbocycles. The quantitative estimate of drug-likeness (QED) is 0.649. The molecule has 1 aliphatic heterocycles. The lowest BCUT2D eigenvalue weighted by Gasteiger charge is -2.27. The molecular formula is C18H25N3O4S. The van der Waals surface area contributed by atoms with Crippen molar-refractivity contribution < 1.29 is 19.5 Å². The summed E-state index contributed by atoms with van der Waals surface area (Å²) in [6, 6.07) is 6.87. The number of piperidine rings is 1. The zero-order chi connectivity index (χ0) is 19.2. The second-order valence-electron chi connectivity index (χ2n) is 6.62. The first-order chi connectivity index (χ1) is 12.3. The van der Waals surface area contributed by atoms with E-state index in [0.717, 1.165) is 12.8 Å². The van der Waals surface area contributed by atoms with Crippen LogP contribution in [0.5, 0.6) is 0 Å². The summed E-state index contributed by atoms with van der Waals surface area (Å²) in [5, 5.41) is 15.0. The van der Waals surface area contributed by atoms with Crippen molar-refractivity contribution in [2.24, 2.45) is 0 Å². The molecule has 3 amide bonds. The summed E-state index contributed by atoms with van der Waals surface area (Å²) in [6.07, 6.45) is 4.21. The molecule has 0 saturated carbocycles. The van der Waals surface area contributed by atoms with Crippen LogP contribution < -0.4 is 15.5 Å².